The first-order valence-electron chi connectivity index (χ1n) is 11.4. The van der Waals surface area contributed by atoms with Crippen LogP contribution in [-0.4, -0.2) is 54.2 Å². The Hall–Kier alpha value is -3.49. The second-order valence-electron chi connectivity index (χ2n) is 8.90. The number of H-pyrrole nitrogens is 1. The number of rotatable bonds is 5. The van der Waals surface area contributed by atoms with Crippen molar-refractivity contribution < 1.29 is 14.3 Å². The third-order valence-electron chi connectivity index (χ3n) is 6.73. The summed E-state index contributed by atoms with van der Waals surface area (Å²) in [6, 6.07) is 13.8. The molecule has 3 N–H and O–H groups in total. The number of morpholine rings is 1. The highest BCUT2D eigenvalue weighted by atomic mass is 16.5. The van der Waals surface area contributed by atoms with E-state index in [0.29, 0.717) is 11.3 Å². The first-order valence-corrected chi connectivity index (χ1v) is 11.4. The summed E-state index contributed by atoms with van der Waals surface area (Å²) in [6.45, 7) is 3.88. The Morgan fingerprint density at radius 1 is 1.18 bits per heavy atom. The Bertz CT molecular complexity index is 1260. The average molecular weight is 444 g/mol. The van der Waals surface area contributed by atoms with E-state index in [0.717, 1.165) is 61.4 Å². The second-order valence-corrected chi connectivity index (χ2v) is 8.90. The van der Waals surface area contributed by atoms with Crippen molar-refractivity contribution in [1.29, 1.82) is 0 Å². The lowest BCUT2D eigenvalue weighted by molar-refractivity contribution is -0.117. The molecule has 2 amide bonds. The number of benzene rings is 2. The molecule has 0 unspecified atom stereocenters. The van der Waals surface area contributed by atoms with Crippen LogP contribution < -0.4 is 10.7 Å². The molecule has 0 spiro atoms. The minimum Gasteiger partial charge on any atom is -0.379 e. The Labute approximate surface area is 191 Å². The van der Waals surface area contributed by atoms with Crippen LogP contribution in [0.15, 0.2) is 47.6 Å². The number of ether oxygens (including phenoxy) is 1. The molecule has 3 aliphatic rings. The van der Waals surface area contributed by atoms with Crippen LogP contribution >= 0.6 is 0 Å². The van der Waals surface area contributed by atoms with Crippen LogP contribution in [0.5, 0.6) is 0 Å². The zero-order chi connectivity index (χ0) is 22.4. The van der Waals surface area contributed by atoms with Gasteiger partial charge in [0.25, 0.3) is 5.91 Å². The third-order valence-corrected chi connectivity index (χ3v) is 6.73. The molecule has 1 saturated heterocycles. The van der Waals surface area contributed by atoms with Gasteiger partial charge in [-0.1, -0.05) is 30.3 Å². The summed E-state index contributed by atoms with van der Waals surface area (Å²) in [5, 5.41) is 7.99. The second kappa shape index (κ2) is 8.13. The van der Waals surface area contributed by atoms with Gasteiger partial charge in [-0.25, -0.2) is 5.43 Å². The van der Waals surface area contributed by atoms with Gasteiger partial charge in [-0.2, -0.15) is 5.10 Å². The van der Waals surface area contributed by atoms with Crippen molar-refractivity contribution in [3.05, 3.63) is 64.8 Å². The number of nitrogens with one attached hydrogen (secondary N) is 3. The zero-order valence-corrected chi connectivity index (χ0v) is 18.1. The van der Waals surface area contributed by atoms with E-state index in [-0.39, 0.29) is 23.7 Å². The standard InChI is InChI=1S/C25H25N5O3/c31-24(18-12-17(18)15-4-2-1-3-5-15)27-16-10-19-23-20(13-26-29-25(19)32)22(28-21(23)11-16)14-30-6-8-33-9-7-30/h1-5,10-11,13,17-18,28H,6-9,12,14H2,(H,27,31)(H,29,32)/t17-,18+/m0/s1. The average Bonchev–Trinajstić information content (AvgIpc) is 3.59. The lowest BCUT2D eigenvalue weighted by atomic mass is 10.0. The van der Waals surface area contributed by atoms with E-state index in [1.807, 2.05) is 24.3 Å². The number of carbonyl (C=O) groups is 2. The molecule has 1 saturated carbocycles. The normalized spacial score (nSPS) is 22.1. The molecule has 0 radical (unpaired) electrons. The van der Waals surface area contributed by atoms with Gasteiger partial charge < -0.3 is 15.0 Å². The maximum Gasteiger partial charge on any atom is 0.272 e. The monoisotopic (exact) mass is 443 g/mol. The molecule has 6 rings (SSSR count). The summed E-state index contributed by atoms with van der Waals surface area (Å²) in [4.78, 5) is 31.5. The first kappa shape index (κ1) is 20.1. The lowest BCUT2D eigenvalue weighted by Gasteiger charge is -2.26. The summed E-state index contributed by atoms with van der Waals surface area (Å²) in [7, 11) is 0. The van der Waals surface area contributed by atoms with E-state index in [1.54, 1.807) is 12.3 Å². The molecule has 2 fully saturated rings. The number of carbonyl (C=O) groups excluding carboxylic acids is 2. The maximum absolute atomic E-state index is 12.9. The van der Waals surface area contributed by atoms with Gasteiger partial charge in [0.05, 0.1) is 25.0 Å². The van der Waals surface area contributed by atoms with Crippen molar-refractivity contribution in [2.45, 2.75) is 18.9 Å². The highest BCUT2D eigenvalue weighted by Crippen LogP contribution is 2.48. The fraction of sp³-hybridized carbons (Fsp3) is 0.320. The summed E-state index contributed by atoms with van der Waals surface area (Å²) in [5.41, 5.74) is 7.63. The Balaban J connectivity index is 1.29. The van der Waals surface area contributed by atoms with Gasteiger partial charge in [0.1, 0.15) is 0 Å². The van der Waals surface area contributed by atoms with Crippen LogP contribution in [0.1, 0.15) is 39.5 Å². The van der Waals surface area contributed by atoms with Crippen molar-refractivity contribution >= 4 is 34.6 Å². The summed E-state index contributed by atoms with van der Waals surface area (Å²) >= 11 is 0. The third kappa shape index (κ3) is 3.81. The van der Waals surface area contributed by atoms with Crippen molar-refractivity contribution in [3.8, 4) is 0 Å². The van der Waals surface area contributed by atoms with E-state index in [4.69, 9.17) is 4.74 Å². The minimum atomic E-state index is -0.281. The zero-order valence-electron chi connectivity index (χ0n) is 18.1. The Kier molecular flexibility index (Phi) is 4.96. The predicted octanol–water partition coefficient (Wildman–Crippen LogP) is 2.82. The Morgan fingerprint density at radius 2 is 2.00 bits per heavy atom. The number of hydrogen-bond acceptors (Lipinski definition) is 5. The molecule has 1 aromatic heterocycles. The summed E-state index contributed by atoms with van der Waals surface area (Å²) < 4.78 is 5.46. The highest BCUT2D eigenvalue weighted by Gasteiger charge is 2.43. The van der Waals surface area contributed by atoms with Crippen LogP contribution in [0, 0.1) is 5.92 Å². The topological polar surface area (TPSA) is 98.8 Å². The number of aromatic nitrogens is 1. The van der Waals surface area contributed by atoms with Crippen LogP contribution in [-0.2, 0) is 16.1 Å². The molecular formula is C25H25N5O3. The van der Waals surface area contributed by atoms with Crippen LogP contribution in [0.2, 0.25) is 0 Å². The van der Waals surface area contributed by atoms with Gasteiger partial charge in [0, 0.05) is 53.4 Å². The van der Waals surface area contributed by atoms with Gasteiger partial charge in [-0.15, -0.1) is 0 Å². The van der Waals surface area contributed by atoms with Gasteiger partial charge in [0.15, 0.2) is 0 Å². The maximum atomic E-state index is 12.9. The number of aromatic amines is 1. The smallest absolute Gasteiger partial charge is 0.272 e. The van der Waals surface area contributed by atoms with Gasteiger partial charge in [0.2, 0.25) is 5.91 Å². The number of amides is 2. The Morgan fingerprint density at radius 3 is 2.82 bits per heavy atom. The number of nitrogens with zero attached hydrogens (tertiary/aromatic N) is 2. The molecular weight excluding hydrogens is 418 g/mol. The van der Waals surface area contributed by atoms with Crippen LogP contribution in [0.25, 0.3) is 10.9 Å². The van der Waals surface area contributed by atoms with Crippen molar-refractivity contribution in [2.24, 2.45) is 11.0 Å². The fourth-order valence-electron chi connectivity index (χ4n) is 4.92. The van der Waals surface area contributed by atoms with Crippen molar-refractivity contribution in [3.63, 3.8) is 0 Å². The number of anilines is 1. The number of hydrazone groups is 1. The van der Waals surface area contributed by atoms with Crippen LogP contribution in [0.4, 0.5) is 5.69 Å². The molecule has 168 valence electrons. The molecule has 3 aromatic rings. The van der Waals surface area contributed by atoms with Gasteiger partial charge in [-0.05, 0) is 30.0 Å². The van der Waals surface area contributed by atoms with E-state index in [9.17, 15) is 9.59 Å². The largest absolute Gasteiger partial charge is 0.379 e. The minimum absolute atomic E-state index is 0.0130. The van der Waals surface area contributed by atoms with Gasteiger partial charge in [-0.3, -0.25) is 14.5 Å². The quantitative estimate of drug-likeness (QED) is 0.565. The molecule has 0 bridgehead atoms. The molecule has 3 heterocycles. The molecule has 33 heavy (non-hydrogen) atoms. The summed E-state index contributed by atoms with van der Waals surface area (Å²) in [5.74, 6) is -0.0847. The molecule has 8 heteroatoms. The van der Waals surface area contributed by atoms with E-state index >= 15 is 0 Å². The summed E-state index contributed by atoms with van der Waals surface area (Å²) in [6.07, 6.45) is 2.55. The molecule has 2 aromatic carbocycles. The first-order chi connectivity index (χ1) is 16.2. The molecule has 8 nitrogen and oxygen atoms in total. The van der Waals surface area contributed by atoms with E-state index in [1.165, 1.54) is 5.56 Å². The molecule has 1 aliphatic carbocycles. The molecule has 2 aliphatic heterocycles. The highest BCUT2D eigenvalue weighted by molar-refractivity contribution is 6.16. The predicted molar refractivity (Wildman–Crippen MR) is 125 cm³/mol. The number of hydrogen-bond donors (Lipinski definition) is 3. The lowest BCUT2D eigenvalue weighted by Crippen LogP contribution is -2.35. The van der Waals surface area contributed by atoms with Crippen molar-refractivity contribution in [2.75, 3.05) is 31.6 Å². The van der Waals surface area contributed by atoms with E-state index < -0.39 is 0 Å². The van der Waals surface area contributed by atoms with E-state index in [2.05, 4.69) is 37.9 Å². The fourth-order valence-corrected chi connectivity index (χ4v) is 4.92. The SMILES string of the molecule is O=C1NN=Cc2c(CN3CCOCC3)[nH]c3cc(NC(=O)[C@@H]4C[C@H]4c4ccccc4)cc1c23. The van der Waals surface area contributed by atoms with Gasteiger partial charge >= 0.3 is 0 Å². The van der Waals surface area contributed by atoms with Crippen molar-refractivity contribution in [1.82, 2.24) is 15.3 Å². The van der Waals surface area contributed by atoms with Crippen LogP contribution in [0.3, 0.4) is 0 Å². The molecule has 2 atom stereocenters.